The Hall–Kier alpha value is -4.86. The number of aromatic amines is 1. The van der Waals surface area contributed by atoms with Gasteiger partial charge in [0.25, 0.3) is 0 Å². The molecule has 5 aromatic rings. The fourth-order valence-electron chi connectivity index (χ4n) is 6.02. The maximum atomic E-state index is 14.3. The standard InChI is InChI=1S/C32H30FN7O4/c1-19-14-39(16-24(19)26-3-2-4-30(36-26)43-18-22-6-5-20(13-34)11-25(22)33)17-29-35-27-8-7-21(31-37-32(41)44-38-31)12-28(27)40(29)15-23-9-10-42-23/h2-8,11-12,19,23-24H,9-10,14-18H2,1H3,(H,37,38,41)/t19?,23-,24?/m0/s1. The van der Waals surface area contributed by atoms with Gasteiger partial charge in [-0.05, 0) is 48.7 Å². The molecule has 44 heavy (non-hydrogen) atoms. The van der Waals surface area contributed by atoms with E-state index in [1.807, 2.05) is 36.4 Å². The molecular weight excluding hydrogens is 565 g/mol. The van der Waals surface area contributed by atoms with Crippen molar-refractivity contribution in [3.63, 3.8) is 0 Å². The van der Waals surface area contributed by atoms with E-state index in [1.54, 1.807) is 18.2 Å². The molecule has 2 aliphatic heterocycles. The predicted molar refractivity (Wildman–Crippen MR) is 157 cm³/mol. The first-order chi connectivity index (χ1) is 21.4. The minimum absolute atomic E-state index is 0.0235. The predicted octanol–water partition coefficient (Wildman–Crippen LogP) is 4.39. The number of benzene rings is 2. The van der Waals surface area contributed by atoms with Crippen LogP contribution in [0.2, 0.25) is 0 Å². The smallest absolute Gasteiger partial charge is 0.439 e. The Bertz CT molecular complexity index is 1920. The summed E-state index contributed by atoms with van der Waals surface area (Å²) in [5, 5.41) is 12.8. The number of ether oxygens (including phenoxy) is 2. The Labute approximate surface area is 251 Å². The van der Waals surface area contributed by atoms with Gasteiger partial charge in [0.2, 0.25) is 5.88 Å². The molecule has 0 radical (unpaired) electrons. The lowest BCUT2D eigenvalue weighted by molar-refractivity contribution is -0.0591. The maximum absolute atomic E-state index is 14.3. The lowest BCUT2D eigenvalue weighted by Gasteiger charge is -2.28. The topological polar surface area (TPSA) is 135 Å². The van der Waals surface area contributed by atoms with Crippen LogP contribution in [0.15, 0.2) is 63.9 Å². The number of fused-ring (bicyclic) bond motifs is 1. The molecule has 0 saturated carbocycles. The van der Waals surface area contributed by atoms with E-state index in [4.69, 9.17) is 29.2 Å². The third-order valence-electron chi connectivity index (χ3n) is 8.46. The summed E-state index contributed by atoms with van der Waals surface area (Å²) < 4.78 is 32.9. The van der Waals surface area contributed by atoms with Crippen molar-refractivity contribution in [1.82, 2.24) is 29.6 Å². The average Bonchev–Trinajstić information content (AvgIpc) is 3.70. The van der Waals surface area contributed by atoms with Gasteiger partial charge in [-0.25, -0.2) is 19.2 Å². The van der Waals surface area contributed by atoms with Crippen LogP contribution in [-0.4, -0.2) is 55.4 Å². The van der Waals surface area contributed by atoms with Gasteiger partial charge < -0.3 is 14.0 Å². The molecule has 12 heteroatoms. The molecule has 3 aromatic heterocycles. The summed E-state index contributed by atoms with van der Waals surface area (Å²) >= 11 is 0. The van der Waals surface area contributed by atoms with E-state index < -0.39 is 11.6 Å². The number of halogens is 1. The van der Waals surface area contributed by atoms with Crippen LogP contribution in [0.3, 0.4) is 0 Å². The van der Waals surface area contributed by atoms with Crippen LogP contribution in [-0.2, 0) is 24.4 Å². The number of hydrogen-bond acceptors (Lipinski definition) is 9. The lowest BCUT2D eigenvalue weighted by atomic mass is 9.94. The highest BCUT2D eigenvalue weighted by Gasteiger charge is 2.33. The van der Waals surface area contributed by atoms with E-state index in [0.29, 0.717) is 36.3 Å². The molecule has 0 bridgehead atoms. The summed E-state index contributed by atoms with van der Waals surface area (Å²) in [6.45, 7) is 6.04. The number of nitriles is 1. The maximum Gasteiger partial charge on any atom is 0.439 e. The van der Waals surface area contributed by atoms with Crippen molar-refractivity contribution >= 4 is 11.0 Å². The third kappa shape index (κ3) is 5.59. The molecule has 5 heterocycles. The Morgan fingerprint density at radius 1 is 1.16 bits per heavy atom. The number of hydrogen-bond donors (Lipinski definition) is 1. The zero-order valence-electron chi connectivity index (χ0n) is 24.1. The number of pyridine rings is 1. The van der Waals surface area contributed by atoms with E-state index in [9.17, 15) is 9.18 Å². The van der Waals surface area contributed by atoms with Crippen molar-refractivity contribution < 1.29 is 18.4 Å². The quantitative estimate of drug-likeness (QED) is 0.263. The zero-order chi connectivity index (χ0) is 30.2. The average molecular weight is 596 g/mol. The molecule has 11 nitrogen and oxygen atoms in total. The van der Waals surface area contributed by atoms with Crippen LogP contribution in [0, 0.1) is 23.1 Å². The van der Waals surface area contributed by atoms with Crippen molar-refractivity contribution in [3.05, 3.63) is 93.6 Å². The minimum Gasteiger partial charge on any atom is -0.473 e. The van der Waals surface area contributed by atoms with Gasteiger partial charge in [-0.15, -0.1) is 0 Å². The highest BCUT2D eigenvalue weighted by Crippen LogP contribution is 2.34. The summed E-state index contributed by atoms with van der Waals surface area (Å²) in [5.41, 5.74) is 4.13. The normalized spacial score (nSPS) is 20.1. The SMILES string of the molecule is CC1CN(Cc2nc3ccc(-c4noc(=O)[nH]4)cc3n2C[C@@H]2CCO2)CC1c1cccc(OCc2ccc(C#N)cc2F)n1. The molecule has 0 aliphatic carbocycles. The van der Waals surface area contributed by atoms with E-state index in [-0.39, 0.29) is 24.2 Å². The molecule has 7 rings (SSSR count). The fourth-order valence-corrected chi connectivity index (χ4v) is 6.02. The Morgan fingerprint density at radius 3 is 2.80 bits per heavy atom. The van der Waals surface area contributed by atoms with Gasteiger partial charge in [-0.2, -0.15) is 5.26 Å². The third-order valence-corrected chi connectivity index (χ3v) is 8.46. The van der Waals surface area contributed by atoms with Gasteiger partial charge in [-0.1, -0.05) is 24.2 Å². The van der Waals surface area contributed by atoms with Crippen molar-refractivity contribution in [2.45, 2.75) is 45.1 Å². The molecule has 2 unspecified atom stereocenters. The first-order valence-electron chi connectivity index (χ1n) is 14.6. The number of nitrogens with zero attached hydrogens (tertiary/aromatic N) is 6. The van der Waals surface area contributed by atoms with E-state index in [1.165, 1.54) is 6.07 Å². The highest BCUT2D eigenvalue weighted by molar-refractivity contribution is 5.81. The highest BCUT2D eigenvalue weighted by atomic mass is 19.1. The minimum atomic E-state index is -0.596. The van der Waals surface area contributed by atoms with Crippen molar-refractivity contribution in [3.8, 4) is 23.3 Å². The number of rotatable bonds is 9. The van der Waals surface area contributed by atoms with Crippen molar-refractivity contribution in [2.24, 2.45) is 5.92 Å². The Morgan fingerprint density at radius 2 is 2.05 bits per heavy atom. The number of nitrogens with one attached hydrogen (secondary N) is 1. The molecule has 2 fully saturated rings. The summed E-state index contributed by atoms with van der Waals surface area (Å²) in [6, 6.07) is 17.8. The second kappa shape index (κ2) is 11.7. The van der Waals surface area contributed by atoms with Gasteiger partial charge in [0.1, 0.15) is 18.2 Å². The van der Waals surface area contributed by atoms with E-state index in [0.717, 1.165) is 54.2 Å². The van der Waals surface area contributed by atoms with Gasteiger partial charge in [-0.3, -0.25) is 14.4 Å². The first-order valence-corrected chi connectivity index (χ1v) is 14.6. The van der Waals surface area contributed by atoms with E-state index >= 15 is 0 Å². The second-order valence-electron chi connectivity index (χ2n) is 11.5. The summed E-state index contributed by atoms with van der Waals surface area (Å²) in [6.07, 6.45) is 1.14. The second-order valence-corrected chi connectivity index (χ2v) is 11.5. The van der Waals surface area contributed by atoms with Gasteiger partial charge in [0.15, 0.2) is 5.82 Å². The molecule has 3 atom stereocenters. The number of imidazole rings is 1. The molecule has 0 spiro atoms. The molecule has 2 aromatic carbocycles. The Kier molecular flexibility index (Phi) is 7.41. The van der Waals surface area contributed by atoms with Gasteiger partial charge >= 0.3 is 5.76 Å². The summed E-state index contributed by atoms with van der Waals surface area (Å²) in [5.74, 6) is 1.22. The van der Waals surface area contributed by atoms with Crippen LogP contribution in [0.4, 0.5) is 4.39 Å². The molecule has 1 N–H and O–H groups in total. The zero-order valence-corrected chi connectivity index (χ0v) is 24.1. The molecule has 224 valence electrons. The number of H-pyrrole nitrogens is 1. The largest absolute Gasteiger partial charge is 0.473 e. The van der Waals surface area contributed by atoms with Crippen LogP contribution < -0.4 is 10.5 Å². The van der Waals surface area contributed by atoms with Crippen LogP contribution in [0.25, 0.3) is 22.4 Å². The molecule has 2 saturated heterocycles. The van der Waals surface area contributed by atoms with Crippen LogP contribution >= 0.6 is 0 Å². The lowest BCUT2D eigenvalue weighted by Crippen LogP contribution is -2.32. The number of aromatic nitrogens is 5. The van der Waals surface area contributed by atoms with Crippen LogP contribution in [0.5, 0.6) is 5.88 Å². The van der Waals surface area contributed by atoms with Crippen molar-refractivity contribution in [1.29, 1.82) is 5.26 Å². The summed E-state index contributed by atoms with van der Waals surface area (Å²) in [4.78, 5) is 26.3. The van der Waals surface area contributed by atoms with E-state index in [2.05, 4.69) is 26.5 Å². The van der Waals surface area contributed by atoms with Crippen LogP contribution in [0.1, 0.15) is 41.9 Å². The van der Waals surface area contributed by atoms with Gasteiger partial charge in [0.05, 0.1) is 41.9 Å². The summed E-state index contributed by atoms with van der Waals surface area (Å²) in [7, 11) is 0. The fraction of sp³-hybridized carbons (Fsp3) is 0.344. The van der Waals surface area contributed by atoms with Gasteiger partial charge in [0, 0.05) is 48.5 Å². The first kappa shape index (κ1) is 27.9. The Balaban J connectivity index is 1.08. The monoisotopic (exact) mass is 595 g/mol. The molecule has 2 aliphatic rings. The molecule has 0 amide bonds. The number of likely N-dealkylation sites (tertiary alicyclic amines) is 1. The van der Waals surface area contributed by atoms with Crippen molar-refractivity contribution in [2.75, 3.05) is 19.7 Å². The molecular formula is C32H30FN7O4.